The summed E-state index contributed by atoms with van der Waals surface area (Å²) in [6.45, 7) is 0.709. The summed E-state index contributed by atoms with van der Waals surface area (Å²) < 4.78 is 9.94. The van der Waals surface area contributed by atoms with Crippen molar-refractivity contribution in [2.24, 2.45) is 7.05 Å². The van der Waals surface area contributed by atoms with E-state index in [0.29, 0.717) is 6.61 Å². The van der Waals surface area contributed by atoms with Gasteiger partial charge in [-0.1, -0.05) is 18.2 Å². The minimum Gasteiger partial charge on any atom is -0.368 e. The predicted octanol–water partition coefficient (Wildman–Crippen LogP) is 3.10. The Labute approximate surface area is 156 Å². The maximum Gasteiger partial charge on any atom is 0.140 e. The van der Waals surface area contributed by atoms with Gasteiger partial charge in [-0.2, -0.15) is 0 Å². The maximum atomic E-state index is 5.93. The summed E-state index contributed by atoms with van der Waals surface area (Å²) in [6, 6.07) is 14.2. The molecular weight excluding hydrogens is 340 g/mol. The number of aryl methyl sites for hydroxylation is 1. The lowest BCUT2D eigenvalue weighted by molar-refractivity contribution is 0.0983. The maximum absolute atomic E-state index is 5.93. The van der Waals surface area contributed by atoms with Crippen molar-refractivity contribution in [3.8, 4) is 5.82 Å². The van der Waals surface area contributed by atoms with Gasteiger partial charge < -0.3 is 14.6 Å². The molecule has 1 N–H and O–H groups in total. The fraction of sp³-hybridized carbons (Fsp3) is 0.250. The van der Waals surface area contributed by atoms with Crippen LogP contribution in [-0.4, -0.2) is 36.7 Å². The number of ether oxygens (including phenoxy) is 1. The van der Waals surface area contributed by atoms with E-state index in [1.165, 1.54) is 0 Å². The van der Waals surface area contributed by atoms with Crippen LogP contribution in [-0.2, 0) is 11.8 Å². The Balaban J connectivity index is 1.43. The van der Waals surface area contributed by atoms with E-state index in [2.05, 4.69) is 15.3 Å². The van der Waals surface area contributed by atoms with Gasteiger partial charge >= 0.3 is 0 Å². The Morgan fingerprint density at radius 3 is 2.93 bits per heavy atom. The van der Waals surface area contributed by atoms with Gasteiger partial charge in [-0.3, -0.25) is 4.57 Å². The summed E-state index contributed by atoms with van der Waals surface area (Å²) in [5.41, 5.74) is 1.99. The topological polar surface area (TPSA) is 69.8 Å². The van der Waals surface area contributed by atoms with Gasteiger partial charge in [0.25, 0.3) is 0 Å². The lowest BCUT2D eigenvalue weighted by Gasteiger charge is -2.20. The van der Waals surface area contributed by atoms with Gasteiger partial charge in [-0.15, -0.1) is 0 Å². The van der Waals surface area contributed by atoms with Crippen LogP contribution in [0.25, 0.3) is 16.9 Å². The molecule has 0 radical (unpaired) electrons. The zero-order valence-corrected chi connectivity index (χ0v) is 15.0. The quantitative estimate of drug-likeness (QED) is 0.606. The van der Waals surface area contributed by atoms with E-state index in [1.807, 2.05) is 71.2 Å². The Hall–Kier alpha value is -3.19. The second-order valence-corrected chi connectivity index (χ2v) is 6.71. The molecule has 0 saturated carbocycles. The zero-order chi connectivity index (χ0) is 18.2. The molecule has 1 aromatic carbocycles. The van der Waals surface area contributed by atoms with Crippen LogP contribution in [0.2, 0.25) is 0 Å². The van der Waals surface area contributed by atoms with Crippen molar-refractivity contribution in [1.29, 1.82) is 0 Å². The lowest BCUT2D eigenvalue weighted by atomic mass is 10.1. The first kappa shape index (κ1) is 16.0. The largest absolute Gasteiger partial charge is 0.368 e. The van der Waals surface area contributed by atoms with Crippen molar-refractivity contribution >= 4 is 16.9 Å². The number of aromatic nitrogens is 5. The number of nitrogens with zero attached hydrogens (tertiary/aromatic N) is 5. The van der Waals surface area contributed by atoms with Crippen molar-refractivity contribution in [2.45, 2.75) is 18.6 Å². The number of pyridine rings is 1. The van der Waals surface area contributed by atoms with Crippen LogP contribution in [0.4, 0.5) is 5.82 Å². The first-order chi connectivity index (χ1) is 13.3. The number of nitrogens with one attached hydrogen (secondary N) is 1. The number of hydrogen-bond donors (Lipinski definition) is 1. The van der Waals surface area contributed by atoms with E-state index in [9.17, 15) is 0 Å². The Kier molecular flexibility index (Phi) is 3.86. The molecule has 0 unspecified atom stereocenters. The van der Waals surface area contributed by atoms with Crippen LogP contribution in [0.5, 0.6) is 0 Å². The molecular formula is C20H20N6O. The smallest absolute Gasteiger partial charge is 0.140 e. The van der Waals surface area contributed by atoms with E-state index in [1.54, 1.807) is 6.20 Å². The Morgan fingerprint density at radius 2 is 2.04 bits per heavy atom. The average molecular weight is 360 g/mol. The molecule has 1 aliphatic heterocycles. The molecule has 0 bridgehead atoms. The molecule has 0 amide bonds. The molecule has 1 saturated heterocycles. The summed E-state index contributed by atoms with van der Waals surface area (Å²) >= 11 is 0. The van der Waals surface area contributed by atoms with Crippen LogP contribution >= 0.6 is 0 Å². The SMILES string of the molecule is Cn1ccnc1[C@@H]1OCC[C@H]1Nc1cccc(-n2cnc3ccccc32)n1. The third-order valence-corrected chi connectivity index (χ3v) is 4.97. The Morgan fingerprint density at radius 1 is 1.11 bits per heavy atom. The molecule has 27 heavy (non-hydrogen) atoms. The van der Waals surface area contributed by atoms with Crippen LogP contribution in [0.1, 0.15) is 18.3 Å². The van der Waals surface area contributed by atoms with Crippen LogP contribution in [0.3, 0.4) is 0 Å². The third-order valence-electron chi connectivity index (χ3n) is 4.97. The monoisotopic (exact) mass is 360 g/mol. The van der Waals surface area contributed by atoms with E-state index < -0.39 is 0 Å². The molecule has 7 heteroatoms. The zero-order valence-electron chi connectivity index (χ0n) is 15.0. The van der Waals surface area contributed by atoms with E-state index in [0.717, 1.165) is 34.9 Å². The van der Waals surface area contributed by atoms with Gasteiger partial charge in [0.2, 0.25) is 0 Å². The predicted molar refractivity (Wildman–Crippen MR) is 103 cm³/mol. The van der Waals surface area contributed by atoms with Crippen LogP contribution in [0.15, 0.2) is 61.2 Å². The standard InChI is InChI=1S/C20H20N6O/c1-25-11-10-21-20(25)19-15(9-12-27-19)23-17-7-4-8-18(24-17)26-13-22-14-5-2-3-6-16(14)26/h2-8,10-11,13,15,19H,9,12H2,1H3,(H,23,24)/t15-,19-/m1/s1. The third kappa shape index (κ3) is 2.86. The number of fused-ring (bicyclic) bond motifs is 1. The van der Waals surface area contributed by atoms with E-state index in [4.69, 9.17) is 9.72 Å². The van der Waals surface area contributed by atoms with Crippen molar-refractivity contribution in [2.75, 3.05) is 11.9 Å². The number of para-hydroxylation sites is 2. The number of anilines is 1. The lowest BCUT2D eigenvalue weighted by Crippen LogP contribution is -2.25. The summed E-state index contributed by atoms with van der Waals surface area (Å²) in [6.07, 6.45) is 6.39. The molecule has 136 valence electrons. The summed E-state index contributed by atoms with van der Waals surface area (Å²) in [7, 11) is 1.99. The first-order valence-corrected chi connectivity index (χ1v) is 9.04. The molecule has 2 atom stereocenters. The molecule has 7 nitrogen and oxygen atoms in total. The number of hydrogen-bond acceptors (Lipinski definition) is 5. The van der Waals surface area contributed by atoms with Crippen LogP contribution < -0.4 is 5.32 Å². The number of rotatable bonds is 4. The molecule has 3 aromatic heterocycles. The van der Waals surface area contributed by atoms with E-state index in [-0.39, 0.29) is 12.1 Å². The minimum atomic E-state index is -0.0791. The average Bonchev–Trinajstić information content (AvgIpc) is 3.41. The van der Waals surface area contributed by atoms with Crippen molar-refractivity contribution in [3.05, 3.63) is 67.0 Å². The highest BCUT2D eigenvalue weighted by Gasteiger charge is 2.32. The first-order valence-electron chi connectivity index (χ1n) is 9.04. The van der Waals surface area contributed by atoms with Crippen molar-refractivity contribution in [3.63, 3.8) is 0 Å². The molecule has 1 aliphatic rings. The number of imidazole rings is 2. The number of benzene rings is 1. The van der Waals surface area contributed by atoms with Gasteiger partial charge in [-0.25, -0.2) is 15.0 Å². The van der Waals surface area contributed by atoms with Gasteiger partial charge in [0.1, 0.15) is 29.9 Å². The fourth-order valence-corrected chi connectivity index (χ4v) is 3.61. The van der Waals surface area contributed by atoms with Crippen molar-refractivity contribution < 1.29 is 4.74 Å². The summed E-state index contributed by atoms with van der Waals surface area (Å²) in [4.78, 5) is 13.7. The summed E-state index contributed by atoms with van der Waals surface area (Å²) in [5, 5.41) is 3.53. The normalized spacial score (nSPS) is 19.6. The molecule has 4 heterocycles. The fourth-order valence-electron chi connectivity index (χ4n) is 3.61. The highest BCUT2D eigenvalue weighted by molar-refractivity contribution is 5.76. The molecule has 0 spiro atoms. The minimum absolute atomic E-state index is 0.0791. The second kappa shape index (κ2) is 6.51. The molecule has 1 fully saturated rings. The summed E-state index contributed by atoms with van der Waals surface area (Å²) in [5.74, 6) is 2.59. The second-order valence-electron chi connectivity index (χ2n) is 6.71. The van der Waals surface area contributed by atoms with Gasteiger partial charge in [0, 0.05) is 26.0 Å². The highest BCUT2D eigenvalue weighted by Crippen LogP contribution is 2.30. The molecule has 5 rings (SSSR count). The van der Waals surface area contributed by atoms with E-state index >= 15 is 0 Å². The van der Waals surface area contributed by atoms with Crippen LogP contribution in [0, 0.1) is 0 Å². The Bertz CT molecular complexity index is 1080. The van der Waals surface area contributed by atoms with Gasteiger partial charge in [0.15, 0.2) is 0 Å². The van der Waals surface area contributed by atoms with Gasteiger partial charge in [-0.05, 0) is 30.7 Å². The molecule has 4 aromatic rings. The van der Waals surface area contributed by atoms with Crippen molar-refractivity contribution in [1.82, 2.24) is 24.1 Å². The van der Waals surface area contributed by atoms with Gasteiger partial charge in [0.05, 0.1) is 17.1 Å². The molecule has 0 aliphatic carbocycles. The highest BCUT2D eigenvalue weighted by atomic mass is 16.5.